The lowest BCUT2D eigenvalue weighted by molar-refractivity contribution is -0.140. The first-order valence-corrected chi connectivity index (χ1v) is 12.3. The highest BCUT2D eigenvalue weighted by atomic mass is 16.5. The second-order valence-electron chi connectivity index (χ2n) is 8.84. The van der Waals surface area contributed by atoms with Gasteiger partial charge in [-0.15, -0.1) is 0 Å². The van der Waals surface area contributed by atoms with Crippen LogP contribution in [0.2, 0.25) is 0 Å². The fourth-order valence-corrected chi connectivity index (χ4v) is 4.76. The number of nitrogens with zero attached hydrogens (tertiary/aromatic N) is 2. The van der Waals surface area contributed by atoms with Gasteiger partial charge >= 0.3 is 0 Å². The van der Waals surface area contributed by atoms with Gasteiger partial charge in [0.05, 0.1) is 30.9 Å². The molecule has 1 fully saturated rings. The molecule has 1 amide bonds. The zero-order valence-electron chi connectivity index (χ0n) is 21.9. The number of likely N-dealkylation sites (N-methyl/N-ethyl adjacent to an activating group) is 1. The van der Waals surface area contributed by atoms with Crippen molar-refractivity contribution in [1.29, 1.82) is 0 Å². The molecule has 0 radical (unpaired) electrons. The first-order chi connectivity index (χ1) is 17.2. The second-order valence-corrected chi connectivity index (χ2v) is 8.84. The van der Waals surface area contributed by atoms with E-state index in [0.29, 0.717) is 36.6 Å². The van der Waals surface area contributed by atoms with Gasteiger partial charge in [-0.05, 0) is 68.8 Å². The molecule has 8 nitrogen and oxygen atoms in total. The molecule has 0 aliphatic carbocycles. The zero-order chi connectivity index (χ0) is 26.6. The van der Waals surface area contributed by atoms with Crippen LogP contribution in [0.25, 0.3) is 5.76 Å². The van der Waals surface area contributed by atoms with E-state index in [4.69, 9.17) is 9.47 Å². The highest BCUT2D eigenvalue weighted by molar-refractivity contribution is 6.46. The van der Waals surface area contributed by atoms with Crippen LogP contribution in [0.15, 0.2) is 35.9 Å². The predicted molar refractivity (Wildman–Crippen MR) is 139 cm³/mol. The number of methoxy groups -OCH3 is 1. The lowest BCUT2D eigenvalue weighted by atomic mass is 9.93. The van der Waals surface area contributed by atoms with Crippen molar-refractivity contribution in [3.05, 3.63) is 58.2 Å². The quantitative estimate of drug-likeness (QED) is 0.289. The summed E-state index contributed by atoms with van der Waals surface area (Å²) >= 11 is 0. The number of carbonyl (C=O) groups excluding carboxylic acids is 2. The van der Waals surface area contributed by atoms with Crippen molar-refractivity contribution >= 4 is 17.4 Å². The molecular weight excluding hydrogens is 460 g/mol. The number of ketones is 1. The van der Waals surface area contributed by atoms with Crippen LogP contribution in [0.5, 0.6) is 17.2 Å². The number of aromatic hydroxyl groups is 1. The number of likely N-dealkylation sites (tertiary alicyclic amines) is 1. The summed E-state index contributed by atoms with van der Waals surface area (Å²) in [5, 5.41) is 21.8. The Morgan fingerprint density at radius 3 is 2.39 bits per heavy atom. The summed E-state index contributed by atoms with van der Waals surface area (Å²) in [6.07, 6.45) is 0. The Morgan fingerprint density at radius 1 is 1.08 bits per heavy atom. The largest absolute Gasteiger partial charge is 0.507 e. The number of rotatable bonds is 10. The number of benzene rings is 2. The molecule has 1 atom stereocenters. The maximum absolute atomic E-state index is 13.4. The van der Waals surface area contributed by atoms with Crippen LogP contribution in [0.1, 0.15) is 49.1 Å². The number of Topliss-reactive ketones (excluding diaryl/α,β-unsaturated/α-hetero) is 1. The molecule has 0 saturated carbocycles. The fraction of sp³-hybridized carbons (Fsp3) is 0.429. The predicted octanol–water partition coefficient (Wildman–Crippen LogP) is 4.18. The van der Waals surface area contributed by atoms with Crippen LogP contribution in [-0.2, 0) is 9.59 Å². The topological polar surface area (TPSA) is 99.5 Å². The van der Waals surface area contributed by atoms with Crippen molar-refractivity contribution in [2.75, 3.05) is 39.9 Å². The Bertz CT molecular complexity index is 1170. The minimum atomic E-state index is -0.856. The Labute approximate surface area is 212 Å². The van der Waals surface area contributed by atoms with Crippen molar-refractivity contribution in [3.63, 3.8) is 0 Å². The van der Waals surface area contributed by atoms with E-state index in [-0.39, 0.29) is 22.8 Å². The van der Waals surface area contributed by atoms with Crippen LogP contribution >= 0.6 is 0 Å². The molecule has 1 aliphatic rings. The molecule has 1 aliphatic heterocycles. The highest BCUT2D eigenvalue weighted by Crippen LogP contribution is 2.43. The number of ether oxygens (including phenoxy) is 2. The number of aryl methyl sites for hydroxylation is 2. The second kappa shape index (κ2) is 11.5. The minimum Gasteiger partial charge on any atom is -0.507 e. The van der Waals surface area contributed by atoms with Crippen molar-refractivity contribution in [1.82, 2.24) is 9.80 Å². The van der Waals surface area contributed by atoms with Crippen LogP contribution in [-0.4, -0.2) is 71.6 Å². The summed E-state index contributed by atoms with van der Waals surface area (Å²) < 4.78 is 11.1. The molecule has 0 aromatic heterocycles. The van der Waals surface area contributed by atoms with Gasteiger partial charge in [-0.25, -0.2) is 0 Å². The normalized spacial score (nSPS) is 17.2. The maximum Gasteiger partial charge on any atom is 0.295 e. The van der Waals surface area contributed by atoms with Crippen LogP contribution < -0.4 is 9.47 Å². The van der Waals surface area contributed by atoms with Crippen LogP contribution in [0.4, 0.5) is 0 Å². The lowest BCUT2D eigenvalue weighted by Gasteiger charge is -2.28. The van der Waals surface area contributed by atoms with Crippen molar-refractivity contribution in [3.8, 4) is 17.2 Å². The molecule has 2 aromatic rings. The van der Waals surface area contributed by atoms with Gasteiger partial charge in [0.15, 0.2) is 11.5 Å². The molecule has 36 heavy (non-hydrogen) atoms. The summed E-state index contributed by atoms with van der Waals surface area (Å²) in [6, 6.07) is 7.54. The molecule has 1 heterocycles. The molecule has 3 rings (SSSR count). The standard InChI is InChI=1S/C28H36N2O6/c1-7-29(8-2)12-13-30-24(19-10-11-21(31)22(16-19)36-9-3)23(26(33)28(30)34)25(32)20-15-17(4)14-18(5)27(20)35-6/h10-11,14-16,24,31-32H,7-9,12-13H2,1-6H3/b25-23+. The van der Waals surface area contributed by atoms with Gasteiger partial charge in [0.2, 0.25) is 0 Å². The minimum absolute atomic E-state index is 0.0176. The Hall–Kier alpha value is -3.52. The number of amides is 1. The monoisotopic (exact) mass is 496 g/mol. The third-order valence-electron chi connectivity index (χ3n) is 6.57. The molecule has 194 valence electrons. The number of hydrogen-bond acceptors (Lipinski definition) is 7. The Kier molecular flexibility index (Phi) is 8.63. The summed E-state index contributed by atoms with van der Waals surface area (Å²) in [4.78, 5) is 30.3. The Balaban J connectivity index is 2.24. The first kappa shape index (κ1) is 27.1. The van der Waals surface area contributed by atoms with E-state index in [1.807, 2.05) is 33.8 Å². The van der Waals surface area contributed by atoms with E-state index >= 15 is 0 Å². The maximum atomic E-state index is 13.4. The van der Waals surface area contributed by atoms with Gasteiger partial charge in [0, 0.05) is 13.1 Å². The van der Waals surface area contributed by atoms with Crippen molar-refractivity contribution in [2.24, 2.45) is 0 Å². The molecule has 8 heteroatoms. The number of carbonyl (C=O) groups is 2. The molecule has 2 N–H and O–H groups in total. The molecule has 0 spiro atoms. The molecule has 0 bridgehead atoms. The third-order valence-corrected chi connectivity index (χ3v) is 6.57. The lowest BCUT2D eigenvalue weighted by Crippen LogP contribution is -2.38. The van der Waals surface area contributed by atoms with Gasteiger partial charge in [-0.3, -0.25) is 9.59 Å². The molecular formula is C28H36N2O6. The van der Waals surface area contributed by atoms with Gasteiger partial charge in [0.25, 0.3) is 11.7 Å². The van der Waals surface area contributed by atoms with Crippen molar-refractivity contribution in [2.45, 2.75) is 40.7 Å². The molecule has 2 aromatic carbocycles. The number of aliphatic hydroxyl groups is 1. The SMILES string of the molecule is CCOc1cc(C2/C(=C(\O)c3cc(C)cc(C)c3OC)C(=O)C(=O)N2CCN(CC)CC)ccc1O. The zero-order valence-corrected chi connectivity index (χ0v) is 21.9. The van der Waals surface area contributed by atoms with Crippen LogP contribution in [0, 0.1) is 13.8 Å². The molecule has 1 unspecified atom stereocenters. The Morgan fingerprint density at radius 2 is 1.78 bits per heavy atom. The smallest absolute Gasteiger partial charge is 0.295 e. The average Bonchev–Trinajstić information content (AvgIpc) is 3.10. The van der Waals surface area contributed by atoms with E-state index < -0.39 is 17.7 Å². The van der Waals surface area contributed by atoms with Gasteiger partial charge < -0.3 is 29.5 Å². The van der Waals surface area contributed by atoms with Gasteiger partial charge in [-0.1, -0.05) is 26.0 Å². The van der Waals surface area contributed by atoms with E-state index in [0.717, 1.165) is 24.2 Å². The first-order valence-electron chi connectivity index (χ1n) is 12.3. The van der Waals surface area contributed by atoms with E-state index in [1.165, 1.54) is 18.1 Å². The highest BCUT2D eigenvalue weighted by Gasteiger charge is 2.46. The van der Waals surface area contributed by atoms with Crippen LogP contribution in [0.3, 0.4) is 0 Å². The summed E-state index contributed by atoms with van der Waals surface area (Å²) in [5.41, 5.74) is 2.57. The number of hydrogen-bond donors (Lipinski definition) is 2. The summed E-state index contributed by atoms with van der Waals surface area (Å²) in [7, 11) is 1.50. The fourth-order valence-electron chi connectivity index (χ4n) is 4.76. The summed E-state index contributed by atoms with van der Waals surface area (Å²) in [5.74, 6) is -1.09. The number of phenolic OH excluding ortho intramolecular Hbond substituents is 1. The van der Waals surface area contributed by atoms with Gasteiger partial charge in [-0.2, -0.15) is 0 Å². The molecule has 1 saturated heterocycles. The van der Waals surface area contributed by atoms with E-state index in [1.54, 1.807) is 25.1 Å². The third kappa shape index (κ3) is 5.18. The average molecular weight is 497 g/mol. The van der Waals surface area contributed by atoms with E-state index in [9.17, 15) is 19.8 Å². The number of phenols is 1. The van der Waals surface area contributed by atoms with Gasteiger partial charge in [0.1, 0.15) is 11.5 Å². The van der Waals surface area contributed by atoms with Crippen molar-refractivity contribution < 1.29 is 29.3 Å². The number of aliphatic hydroxyl groups excluding tert-OH is 1. The van der Waals surface area contributed by atoms with E-state index in [2.05, 4.69) is 4.90 Å². The summed E-state index contributed by atoms with van der Waals surface area (Å²) in [6.45, 7) is 12.4.